The van der Waals surface area contributed by atoms with Crippen LogP contribution in [0.3, 0.4) is 0 Å². The standard InChI is InChI=1S/C18H19N3/c1-19-14-11-17(12-15-19)21(16-8-4-3-5-9-16)18-10-6-7-13-20(18)2/h3-15H,1-2H3/q+2. The van der Waals surface area contributed by atoms with E-state index in [1.165, 1.54) is 0 Å². The number of nitrogens with zero attached hydrogens (tertiary/aromatic N) is 3. The molecule has 104 valence electrons. The van der Waals surface area contributed by atoms with Gasteiger partial charge in [-0.3, -0.25) is 0 Å². The maximum Gasteiger partial charge on any atom is 0.286 e. The number of hydrogen-bond donors (Lipinski definition) is 0. The molecule has 2 aromatic heterocycles. The Labute approximate surface area is 125 Å². The third-order valence-corrected chi connectivity index (χ3v) is 3.49. The fourth-order valence-electron chi connectivity index (χ4n) is 2.38. The first-order valence-electron chi connectivity index (χ1n) is 7.01. The number of para-hydroxylation sites is 1. The molecule has 0 saturated heterocycles. The van der Waals surface area contributed by atoms with Gasteiger partial charge < -0.3 is 0 Å². The van der Waals surface area contributed by atoms with Gasteiger partial charge in [-0.25, -0.2) is 9.13 Å². The molecule has 3 heteroatoms. The van der Waals surface area contributed by atoms with Crippen LogP contribution in [0.25, 0.3) is 0 Å². The van der Waals surface area contributed by atoms with Crippen LogP contribution in [0.2, 0.25) is 0 Å². The monoisotopic (exact) mass is 277 g/mol. The van der Waals surface area contributed by atoms with E-state index in [9.17, 15) is 0 Å². The Balaban J connectivity index is 2.16. The molecule has 0 aliphatic carbocycles. The summed E-state index contributed by atoms with van der Waals surface area (Å²) >= 11 is 0. The van der Waals surface area contributed by atoms with Gasteiger partial charge in [-0.15, -0.1) is 0 Å². The van der Waals surface area contributed by atoms with E-state index in [0.29, 0.717) is 0 Å². The molecule has 0 saturated carbocycles. The normalized spacial score (nSPS) is 10.4. The van der Waals surface area contributed by atoms with Crippen molar-refractivity contribution in [1.29, 1.82) is 0 Å². The Hall–Kier alpha value is -2.68. The number of hydrogen-bond acceptors (Lipinski definition) is 1. The van der Waals surface area contributed by atoms with Crippen LogP contribution in [0.15, 0.2) is 79.3 Å². The minimum Gasteiger partial charge on any atom is -0.237 e. The summed E-state index contributed by atoms with van der Waals surface area (Å²) in [6.45, 7) is 0. The van der Waals surface area contributed by atoms with Crippen LogP contribution >= 0.6 is 0 Å². The summed E-state index contributed by atoms with van der Waals surface area (Å²) in [4.78, 5) is 2.25. The molecular weight excluding hydrogens is 258 g/mol. The molecule has 0 unspecified atom stereocenters. The van der Waals surface area contributed by atoms with E-state index < -0.39 is 0 Å². The predicted molar refractivity (Wildman–Crippen MR) is 83.5 cm³/mol. The minimum atomic E-state index is 1.12. The molecule has 0 bridgehead atoms. The summed E-state index contributed by atoms with van der Waals surface area (Å²) in [6, 6.07) is 20.9. The SMILES string of the molecule is C[n+]1ccc(N(c2ccccc2)c2cccc[n+]2C)cc1. The molecular formula is C18H19N3+2. The van der Waals surface area contributed by atoms with Crippen molar-refractivity contribution in [2.75, 3.05) is 4.90 Å². The van der Waals surface area contributed by atoms with Gasteiger partial charge >= 0.3 is 0 Å². The van der Waals surface area contributed by atoms with E-state index in [4.69, 9.17) is 0 Å². The van der Waals surface area contributed by atoms with Gasteiger partial charge in [0.2, 0.25) is 0 Å². The molecule has 0 amide bonds. The molecule has 0 aliphatic rings. The van der Waals surface area contributed by atoms with E-state index in [2.05, 4.69) is 83.6 Å². The number of anilines is 3. The van der Waals surface area contributed by atoms with Gasteiger partial charge in [-0.2, -0.15) is 4.90 Å². The third-order valence-electron chi connectivity index (χ3n) is 3.49. The lowest BCUT2D eigenvalue weighted by Crippen LogP contribution is -2.35. The van der Waals surface area contributed by atoms with Crippen LogP contribution in [0.5, 0.6) is 0 Å². The second kappa shape index (κ2) is 5.75. The molecule has 3 nitrogen and oxygen atoms in total. The molecule has 2 heterocycles. The summed E-state index contributed by atoms with van der Waals surface area (Å²) < 4.78 is 4.16. The van der Waals surface area contributed by atoms with Crippen molar-refractivity contribution in [2.24, 2.45) is 14.1 Å². The molecule has 3 rings (SSSR count). The lowest BCUT2D eigenvalue weighted by Gasteiger charge is -2.17. The molecule has 0 fully saturated rings. The first kappa shape index (κ1) is 13.3. The van der Waals surface area contributed by atoms with Gasteiger partial charge in [0.1, 0.15) is 18.4 Å². The quantitative estimate of drug-likeness (QED) is 0.670. The highest BCUT2D eigenvalue weighted by atomic mass is 15.2. The van der Waals surface area contributed by atoms with Crippen molar-refractivity contribution in [3.05, 3.63) is 79.3 Å². The van der Waals surface area contributed by atoms with Crippen LogP contribution in [0, 0.1) is 0 Å². The molecule has 0 spiro atoms. The molecule has 0 atom stereocenters. The Morgan fingerprint density at radius 3 is 1.95 bits per heavy atom. The van der Waals surface area contributed by atoms with Crippen molar-refractivity contribution in [1.82, 2.24) is 0 Å². The van der Waals surface area contributed by atoms with Crippen molar-refractivity contribution in [2.45, 2.75) is 0 Å². The Morgan fingerprint density at radius 2 is 1.29 bits per heavy atom. The number of pyridine rings is 2. The molecule has 0 aliphatic heterocycles. The third kappa shape index (κ3) is 2.77. The maximum absolute atomic E-state index is 2.25. The topological polar surface area (TPSA) is 11.0 Å². The predicted octanol–water partition coefficient (Wildman–Crippen LogP) is 2.81. The molecule has 1 aromatic carbocycles. The first-order valence-corrected chi connectivity index (χ1v) is 7.01. The average Bonchev–Trinajstić information content (AvgIpc) is 2.52. The smallest absolute Gasteiger partial charge is 0.237 e. The average molecular weight is 277 g/mol. The summed E-state index contributed by atoms with van der Waals surface area (Å²) in [5.74, 6) is 1.12. The first-order chi connectivity index (χ1) is 10.3. The summed E-state index contributed by atoms with van der Waals surface area (Å²) in [5.41, 5.74) is 2.29. The van der Waals surface area contributed by atoms with Crippen LogP contribution in [-0.4, -0.2) is 0 Å². The molecule has 21 heavy (non-hydrogen) atoms. The van der Waals surface area contributed by atoms with E-state index in [1.54, 1.807) is 0 Å². The van der Waals surface area contributed by atoms with Gasteiger partial charge in [0, 0.05) is 18.2 Å². The fourth-order valence-corrected chi connectivity index (χ4v) is 2.38. The van der Waals surface area contributed by atoms with Crippen molar-refractivity contribution < 1.29 is 9.13 Å². The van der Waals surface area contributed by atoms with E-state index in [0.717, 1.165) is 17.2 Å². The molecule has 3 aromatic rings. The number of aryl methyl sites for hydroxylation is 2. The van der Waals surface area contributed by atoms with Crippen LogP contribution in [0.4, 0.5) is 17.2 Å². The Morgan fingerprint density at radius 1 is 0.667 bits per heavy atom. The van der Waals surface area contributed by atoms with Gasteiger partial charge in [0.05, 0.1) is 13.2 Å². The lowest BCUT2D eigenvalue weighted by atomic mass is 10.2. The highest BCUT2D eigenvalue weighted by molar-refractivity contribution is 5.72. The van der Waals surface area contributed by atoms with Crippen LogP contribution < -0.4 is 14.0 Å². The van der Waals surface area contributed by atoms with Gasteiger partial charge in [0.15, 0.2) is 12.4 Å². The zero-order valence-corrected chi connectivity index (χ0v) is 12.3. The van der Waals surface area contributed by atoms with E-state index in [1.807, 2.05) is 23.7 Å². The van der Waals surface area contributed by atoms with Gasteiger partial charge in [-0.1, -0.05) is 24.3 Å². The maximum atomic E-state index is 2.25. The summed E-state index contributed by atoms with van der Waals surface area (Å²) in [7, 11) is 4.09. The second-order valence-corrected chi connectivity index (χ2v) is 5.06. The van der Waals surface area contributed by atoms with Crippen molar-refractivity contribution in [3.8, 4) is 0 Å². The number of rotatable bonds is 3. The van der Waals surface area contributed by atoms with Gasteiger partial charge in [0.25, 0.3) is 5.82 Å². The number of benzene rings is 1. The lowest BCUT2D eigenvalue weighted by molar-refractivity contribution is -0.671. The van der Waals surface area contributed by atoms with Gasteiger partial charge in [-0.05, 0) is 18.2 Å². The highest BCUT2D eigenvalue weighted by Crippen LogP contribution is 2.30. The van der Waals surface area contributed by atoms with Crippen molar-refractivity contribution >= 4 is 17.2 Å². The molecule has 0 N–H and O–H groups in total. The zero-order chi connectivity index (χ0) is 14.7. The van der Waals surface area contributed by atoms with Crippen molar-refractivity contribution in [3.63, 3.8) is 0 Å². The summed E-state index contributed by atoms with van der Waals surface area (Å²) in [6.07, 6.45) is 6.19. The molecule has 0 radical (unpaired) electrons. The van der Waals surface area contributed by atoms with E-state index in [-0.39, 0.29) is 0 Å². The zero-order valence-electron chi connectivity index (χ0n) is 12.3. The Bertz CT molecular complexity index is 721. The fraction of sp³-hybridized carbons (Fsp3) is 0.111. The highest BCUT2D eigenvalue weighted by Gasteiger charge is 2.23. The van der Waals surface area contributed by atoms with Crippen LogP contribution in [0.1, 0.15) is 0 Å². The number of aromatic nitrogens is 2. The summed E-state index contributed by atoms with van der Waals surface area (Å²) in [5, 5.41) is 0. The minimum absolute atomic E-state index is 1.12. The van der Waals surface area contributed by atoms with E-state index >= 15 is 0 Å². The Kier molecular flexibility index (Phi) is 3.65. The second-order valence-electron chi connectivity index (χ2n) is 5.06. The van der Waals surface area contributed by atoms with Crippen LogP contribution in [-0.2, 0) is 14.1 Å². The largest absolute Gasteiger partial charge is 0.286 e.